The number of nitrogens with one attached hydrogen (secondary N) is 2. The van der Waals surface area contributed by atoms with Crippen LogP contribution in [0.25, 0.3) is 0 Å². The first-order valence-corrected chi connectivity index (χ1v) is 8.87. The Kier molecular flexibility index (Phi) is 5.41. The van der Waals surface area contributed by atoms with E-state index in [4.69, 9.17) is 4.74 Å². The lowest BCUT2D eigenvalue weighted by Gasteiger charge is -2.27. The van der Waals surface area contributed by atoms with E-state index in [0.29, 0.717) is 29.1 Å². The molecule has 27 heavy (non-hydrogen) atoms. The summed E-state index contributed by atoms with van der Waals surface area (Å²) in [7, 11) is 1.52. The van der Waals surface area contributed by atoms with Crippen LogP contribution >= 0.6 is 0 Å². The minimum absolute atomic E-state index is 0.0846. The molecule has 2 aromatic carbocycles. The smallest absolute Gasteiger partial charge is 0.225 e. The van der Waals surface area contributed by atoms with Crippen molar-refractivity contribution in [1.29, 1.82) is 5.26 Å². The molecule has 1 unspecified atom stereocenters. The third-order valence-corrected chi connectivity index (χ3v) is 4.58. The van der Waals surface area contributed by atoms with Crippen LogP contribution in [0.15, 0.2) is 36.4 Å². The number of hydrogen-bond donors (Lipinski definition) is 2. The second kappa shape index (κ2) is 7.92. The minimum atomic E-state index is -0.199. The first kappa shape index (κ1) is 18.5. The average Bonchev–Trinajstić information content (AvgIpc) is 2.67. The van der Waals surface area contributed by atoms with E-state index in [-0.39, 0.29) is 24.2 Å². The number of hydrogen-bond acceptors (Lipinski definition) is 4. The molecular formula is C21H21N3O3. The van der Waals surface area contributed by atoms with Crippen LogP contribution in [0.5, 0.6) is 5.75 Å². The van der Waals surface area contributed by atoms with Crippen LogP contribution in [0, 0.1) is 11.3 Å². The first-order valence-electron chi connectivity index (χ1n) is 8.87. The zero-order chi connectivity index (χ0) is 19.4. The van der Waals surface area contributed by atoms with Crippen molar-refractivity contribution in [2.24, 2.45) is 0 Å². The molecule has 3 rings (SSSR count). The van der Waals surface area contributed by atoms with Crippen molar-refractivity contribution in [3.8, 4) is 11.8 Å². The highest BCUT2D eigenvalue weighted by Gasteiger charge is 2.28. The van der Waals surface area contributed by atoms with Crippen molar-refractivity contribution in [1.82, 2.24) is 0 Å². The van der Waals surface area contributed by atoms with Gasteiger partial charge in [-0.15, -0.1) is 0 Å². The standard InChI is InChI=1S/C21H21N3O3/c1-3-5-20(25)24-18-9-16-15(14-7-4-6-13(8-14)12-22)10-21(26)23-17(16)11-19(18)27-2/h4,6-9,11,15H,3,5,10H2,1-2H3,(H,23,26)(H,24,25). The maximum atomic E-state index is 12.2. The van der Waals surface area contributed by atoms with Gasteiger partial charge >= 0.3 is 0 Å². The van der Waals surface area contributed by atoms with Gasteiger partial charge in [-0.2, -0.15) is 5.26 Å². The molecule has 2 aromatic rings. The Bertz CT molecular complexity index is 931. The highest BCUT2D eigenvalue weighted by molar-refractivity contribution is 5.98. The molecule has 1 aliphatic rings. The summed E-state index contributed by atoms with van der Waals surface area (Å²) in [4.78, 5) is 24.3. The van der Waals surface area contributed by atoms with Crippen LogP contribution in [0.2, 0.25) is 0 Å². The van der Waals surface area contributed by atoms with E-state index in [2.05, 4.69) is 16.7 Å². The van der Waals surface area contributed by atoms with Crippen LogP contribution in [0.4, 0.5) is 11.4 Å². The summed E-state index contributed by atoms with van der Waals surface area (Å²) in [6.07, 6.45) is 1.44. The third kappa shape index (κ3) is 3.93. The Morgan fingerprint density at radius 2 is 2.19 bits per heavy atom. The first-order chi connectivity index (χ1) is 13.0. The fourth-order valence-corrected chi connectivity index (χ4v) is 3.32. The Hall–Kier alpha value is -3.33. The molecule has 0 aliphatic carbocycles. The fourth-order valence-electron chi connectivity index (χ4n) is 3.32. The molecule has 6 nitrogen and oxygen atoms in total. The van der Waals surface area contributed by atoms with E-state index < -0.39 is 0 Å². The minimum Gasteiger partial charge on any atom is -0.494 e. The van der Waals surface area contributed by atoms with Crippen LogP contribution in [0.1, 0.15) is 48.8 Å². The summed E-state index contributed by atoms with van der Waals surface area (Å²) >= 11 is 0. The molecule has 2 amide bonds. The van der Waals surface area contributed by atoms with E-state index in [9.17, 15) is 14.9 Å². The molecule has 0 radical (unpaired) electrons. The molecule has 0 saturated carbocycles. The lowest BCUT2D eigenvalue weighted by atomic mass is 9.84. The van der Waals surface area contributed by atoms with E-state index in [0.717, 1.165) is 17.5 Å². The quantitative estimate of drug-likeness (QED) is 0.846. The van der Waals surface area contributed by atoms with E-state index in [1.165, 1.54) is 7.11 Å². The van der Waals surface area contributed by atoms with Gasteiger partial charge in [-0.1, -0.05) is 19.1 Å². The second-order valence-corrected chi connectivity index (χ2v) is 6.48. The maximum Gasteiger partial charge on any atom is 0.225 e. The Morgan fingerprint density at radius 1 is 1.37 bits per heavy atom. The highest BCUT2D eigenvalue weighted by Crippen LogP contribution is 2.42. The number of rotatable bonds is 5. The number of anilines is 2. The molecule has 138 valence electrons. The number of benzene rings is 2. The van der Waals surface area contributed by atoms with Gasteiger partial charge in [-0.05, 0) is 35.7 Å². The van der Waals surface area contributed by atoms with E-state index in [1.807, 2.05) is 25.1 Å². The number of carbonyl (C=O) groups excluding carboxylic acids is 2. The number of nitrogens with zero attached hydrogens (tertiary/aromatic N) is 1. The van der Waals surface area contributed by atoms with Gasteiger partial charge in [0.25, 0.3) is 0 Å². The van der Waals surface area contributed by atoms with Gasteiger partial charge in [0.2, 0.25) is 11.8 Å². The molecule has 0 aromatic heterocycles. The number of ether oxygens (including phenoxy) is 1. The molecule has 0 fully saturated rings. The number of amides is 2. The highest BCUT2D eigenvalue weighted by atomic mass is 16.5. The van der Waals surface area contributed by atoms with Crippen molar-refractivity contribution in [3.05, 3.63) is 53.1 Å². The number of nitriles is 1. The van der Waals surface area contributed by atoms with Gasteiger partial charge in [0.15, 0.2) is 0 Å². The van der Waals surface area contributed by atoms with Gasteiger partial charge in [0.1, 0.15) is 5.75 Å². The van der Waals surface area contributed by atoms with Gasteiger partial charge < -0.3 is 15.4 Å². The summed E-state index contributed by atoms with van der Waals surface area (Å²) in [6.45, 7) is 1.94. The third-order valence-electron chi connectivity index (χ3n) is 4.58. The SMILES string of the molecule is CCCC(=O)Nc1cc2c(cc1OC)NC(=O)CC2c1cccc(C#N)c1. The number of methoxy groups -OCH3 is 1. The fraction of sp³-hybridized carbons (Fsp3) is 0.286. The largest absolute Gasteiger partial charge is 0.494 e. The van der Waals surface area contributed by atoms with Gasteiger partial charge in [0.05, 0.1) is 24.4 Å². The average molecular weight is 363 g/mol. The predicted molar refractivity (Wildman–Crippen MR) is 103 cm³/mol. The van der Waals surface area contributed by atoms with Crippen LogP contribution in [0.3, 0.4) is 0 Å². The monoisotopic (exact) mass is 363 g/mol. The molecule has 0 saturated heterocycles. The summed E-state index contributed by atoms with van der Waals surface area (Å²) in [6, 6.07) is 13.0. The molecule has 1 atom stereocenters. The second-order valence-electron chi connectivity index (χ2n) is 6.48. The van der Waals surface area contributed by atoms with E-state index in [1.54, 1.807) is 18.2 Å². The van der Waals surface area contributed by atoms with Crippen molar-refractivity contribution in [2.45, 2.75) is 32.1 Å². The number of fused-ring (bicyclic) bond motifs is 1. The topological polar surface area (TPSA) is 91.2 Å². The molecule has 1 aliphatic heterocycles. The Morgan fingerprint density at radius 3 is 2.89 bits per heavy atom. The molecule has 0 bridgehead atoms. The lowest BCUT2D eigenvalue weighted by Crippen LogP contribution is -2.24. The zero-order valence-electron chi connectivity index (χ0n) is 15.3. The van der Waals surface area contributed by atoms with Crippen LogP contribution < -0.4 is 15.4 Å². The molecule has 2 N–H and O–H groups in total. The van der Waals surface area contributed by atoms with Crippen molar-refractivity contribution < 1.29 is 14.3 Å². The Balaban J connectivity index is 2.07. The van der Waals surface area contributed by atoms with Crippen molar-refractivity contribution in [2.75, 3.05) is 17.7 Å². The van der Waals surface area contributed by atoms with Crippen molar-refractivity contribution >= 4 is 23.2 Å². The normalized spacial score (nSPS) is 15.3. The Labute approximate surface area is 158 Å². The summed E-state index contributed by atoms with van der Waals surface area (Å²) in [5.41, 5.74) is 3.56. The van der Waals surface area contributed by atoms with Gasteiger partial charge in [-0.25, -0.2) is 0 Å². The number of carbonyl (C=O) groups is 2. The maximum absolute atomic E-state index is 12.2. The summed E-state index contributed by atoms with van der Waals surface area (Å²) in [5, 5.41) is 14.9. The van der Waals surface area contributed by atoms with Gasteiger partial charge in [-0.3, -0.25) is 9.59 Å². The van der Waals surface area contributed by atoms with Gasteiger partial charge in [0, 0.05) is 30.5 Å². The summed E-state index contributed by atoms with van der Waals surface area (Å²) < 4.78 is 5.39. The molecular weight excluding hydrogens is 342 g/mol. The predicted octanol–water partition coefficient (Wildman–Crippen LogP) is 3.78. The van der Waals surface area contributed by atoms with E-state index >= 15 is 0 Å². The van der Waals surface area contributed by atoms with Crippen molar-refractivity contribution in [3.63, 3.8) is 0 Å². The lowest BCUT2D eigenvalue weighted by molar-refractivity contribution is -0.117. The zero-order valence-corrected chi connectivity index (χ0v) is 15.3. The molecule has 0 spiro atoms. The molecule has 6 heteroatoms. The summed E-state index contributed by atoms with van der Waals surface area (Å²) in [5.74, 6) is 0.109. The van der Waals surface area contributed by atoms with Crippen LogP contribution in [-0.4, -0.2) is 18.9 Å². The molecule has 1 heterocycles. The van der Waals surface area contributed by atoms with Crippen LogP contribution in [-0.2, 0) is 9.59 Å².